The molecule has 1 N–H and O–H groups in total. The van der Waals surface area contributed by atoms with Crippen LogP contribution in [0.3, 0.4) is 0 Å². The number of carbonyl (C=O) groups is 1. The van der Waals surface area contributed by atoms with Gasteiger partial charge in [-0.1, -0.05) is 75.7 Å². The highest BCUT2D eigenvalue weighted by molar-refractivity contribution is 6.06. The van der Waals surface area contributed by atoms with Crippen molar-refractivity contribution in [2.75, 3.05) is 5.32 Å². The van der Waals surface area contributed by atoms with Crippen LogP contribution >= 0.6 is 0 Å². The number of para-hydroxylation sites is 1. The van der Waals surface area contributed by atoms with E-state index in [1.54, 1.807) is 10.9 Å². The minimum atomic E-state index is -0.143. The zero-order valence-corrected chi connectivity index (χ0v) is 17.5. The zero-order chi connectivity index (χ0) is 20.4. The Morgan fingerprint density at radius 2 is 1.52 bits per heavy atom. The van der Waals surface area contributed by atoms with E-state index in [2.05, 4.69) is 41.6 Å². The summed E-state index contributed by atoms with van der Waals surface area (Å²) in [4.78, 5) is 12.5. The monoisotopic (exact) mass is 365 g/mol. The number of nitrogens with zero attached hydrogens (tertiary/aromatic N) is 2. The smallest absolute Gasteiger partial charge is 0.259 e. The first-order valence-corrected chi connectivity index (χ1v) is 9.52. The summed E-state index contributed by atoms with van der Waals surface area (Å²) in [7, 11) is 1.81. The first-order chi connectivity index (χ1) is 13.0. The molecule has 0 saturated carbocycles. The molecule has 0 fully saturated rings. The van der Waals surface area contributed by atoms with Crippen LogP contribution in [0.4, 0.5) is 5.69 Å². The molecule has 0 aliphatic carbocycles. The second-order valence-electron chi connectivity index (χ2n) is 5.67. The molecular formula is C23H31N3O. The normalized spacial score (nSPS) is 9.44. The third-order valence-electron chi connectivity index (χ3n) is 3.80. The van der Waals surface area contributed by atoms with Crippen LogP contribution in [0.5, 0.6) is 0 Å². The summed E-state index contributed by atoms with van der Waals surface area (Å²) < 4.78 is 1.65. The molecule has 0 saturated heterocycles. The standard InChI is InChI=1S/C19H19N3O.2C2H6/c1-13-8-10-15(11-9-13)16-6-4-5-7-18(16)20-19(23)17-12-22(3)21-14(17)2;2*1-2/h4-12H,1-3H3,(H,20,23);2*1-2H3. The predicted molar refractivity (Wildman–Crippen MR) is 115 cm³/mol. The lowest BCUT2D eigenvalue weighted by atomic mass is 10.0. The molecule has 1 amide bonds. The topological polar surface area (TPSA) is 46.9 Å². The van der Waals surface area contributed by atoms with E-state index in [1.807, 2.05) is 65.9 Å². The van der Waals surface area contributed by atoms with Gasteiger partial charge in [0.15, 0.2) is 0 Å². The molecule has 0 aliphatic heterocycles. The van der Waals surface area contributed by atoms with E-state index in [4.69, 9.17) is 0 Å². The molecule has 0 bridgehead atoms. The van der Waals surface area contributed by atoms with Gasteiger partial charge in [-0.05, 0) is 25.5 Å². The number of hydrogen-bond donors (Lipinski definition) is 1. The molecule has 1 heterocycles. The van der Waals surface area contributed by atoms with Crippen molar-refractivity contribution in [2.24, 2.45) is 7.05 Å². The van der Waals surface area contributed by atoms with Crippen LogP contribution in [0.1, 0.15) is 49.3 Å². The quantitative estimate of drug-likeness (QED) is 0.618. The van der Waals surface area contributed by atoms with Crippen molar-refractivity contribution < 1.29 is 4.79 Å². The molecule has 4 heteroatoms. The molecule has 0 spiro atoms. The summed E-state index contributed by atoms with van der Waals surface area (Å²) in [6.07, 6.45) is 1.74. The van der Waals surface area contributed by atoms with Gasteiger partial charge in [0.05, 0.1) is 11.3 Å². The van der Waals surface area contributed by atoms with Gasteiger partial charge in [-0.2, -0.15) is 5.10 Å². The van der Waals surface area contributed by atoms with Crippen molar-refractivity contribution in [1.82, 2.24) is 9.78 Å². The molecule has 0 atom stereocenters. The van der Waals surface area contributed by atoms with Gasteiger partial charge in [0.1, 0.15) is 0 Å². The first-order valence-electron chi connectivity index (χ1n) is 9.52. The summed E-state index contributed by atoms with van der Waals surface area (Å²) in [5.74, 6) is -0.143. The van der Waals surface area contributed by atoms with Crippen molar-refractivity contribution in [3.05, 3.63) is 71.5 Å². The van der Waals surface area contributed by atoms with E-state index >= 15 is 0 Å². The first kappa shape index (κ1) is 22.2. The Labute approximate surface area is 163 Å². The van der Waals surface area contributed by atoms with Crippen LogP contribution < -0.4 is 5.32 Å². The average molecular weight is 366 g/mol. The van der Waals surface area contributed by atoms with Crippen LogP contribution in [0, 0.1) is 13.8 Å². The average Bonchev–Trinajstić information content (AvgIpc) is 3.04. The molecule has 3 aromatic rings. The Morgan fingerprint density at radius 1 is 0.926 bits per heavy atom. The Bertz CT molecular complexity index is 848. The molecule has 1 aromatic heterocycles. The van der Waals surface area contributed by atoms with E-state index in [0.29, 0.717) is 5.56 Å². The van der Waals surface area contributed by atoms with E-state index in [1.165, 1.54) is 5.56 Å². The van der Waals surface area contributed by atoms with E-state index in [-0.39, 0.29) is 5.91 Å². The number of aromatic nitrogens is 2. The lowest BCUT2D eigenvalue weighted by molar-refractivity contribution is 0.102. The number of nitrogens with one attached hydrogen (secondary N) is 1. The number of aryl methyl sites for hydroxylation is 3. The minimum Gasteiger partial charge on any atom is -0.321 e. The molecule has 2 aromatic carbocycles. The highest BCUT2D eigenvalue weighted by atomic mass is 16.1. The maximum Gasteiger partial charge on any atom is 0.259 e. The number of benzene rings is 2. The molecule has 0 radical (unpaired) electrons. The number of carbonyl (C=O) groups excluding carboxylic acids is 1. The number of amides is 1. The van der Waals surface area contributed by atoms with Crippen molar-refractivity contribution in [2.45, 2.75) is 41.5 Å². The Kier molecular flexibility index (Phi) is 9.00. The lowest BCUT2D eigenvalue weighted by Crippen LogP contribution is -2.13. The van der Waals surface area contributed by atoms with E-state index in [9.17, 15) is 4.79 Å². The molecule has 0 unspecified atom stereocenters. The van der Waals surface area contributed by atoms with Gasteiger partial charge in [-0.15, -0.1) is 0 Å². The fraction of sp³-hybridized carbons (Fsp3) is 0.304. The molecule has 4 nitrogen and oxygen atoms in total. The van der Waals surface area contributed by atoms with Gasteiger partial charge in [-0.25, -0.2) is 0 Å². The minimum absolute atomic E-state index is 0.143. The van der Waals surface area contributed by atoms with Crippen LogP contribution in [-0.2, 0) is 7.05 Å². The van der Waals surface area contributed by atoms with Crippen LogP contribution in [0.2, 0.25) is 0 Å². The summed E-state index contributed by atoms with van der Waals surface area (Å²) in [5, 5.41) is 7.22. The fourth-order valence-electron chi connectivity index (χ4n) is 2.59. The summed E-state index contributed by atoms with van der Waals surface area (Å²) in [6, 6.07) is 16.1. The lowest BCUT2D eigenvalue weighted by Gasteiger charge is -2.11. The molecule has 144 valence electrons. The number of rotatable bonds is 3. The van der Waals surface area contributed by atoms with Crippen molar-refractivity contribution in [3.8, 4) is 11.1 Å². The van der Waals surface area contributed by atoms with Crippen molar-refractivity contribution >= 4 is 11.6 Å². The largest absolute Gasteiger partial charge is 0.321 e. The zero-order valence-electron chi connectivity index (χ0n) is 17.5. The van der Waals surface area contributed by atoms with Gasteiger partial charge in [0, 0.05) is 24.5 Å². The third kappa shape index (κ3) is 5.81. The van der Waals surface area contributed by atoms with Crippen LogP contribution in [0.25, 0.3) is 11.1 Å². The van der Waals surface area contributed by atoms with Gasteiger partial charge in [-0.3, -0.25) is 9.48 Å². The number of hydrogen-bond acceptors (Lipinski definition) is 2. The van der Waals surface area contributed by atoms with Crippen molar-refractivity contribution in [3.63, 3.8) is 0 Å². The van der Waals surface area contributed by atoms with E-state index < -0.39 is 0 Å². The second-order valence-corrected chi connectivity index (χ2v) is 5.67. The number of anilines is 1. The van der Waals surface area contributed by atoms with Gasteiger partial charge < -0.3 is 5.32 Å². The van der Waals surface area contributed by atoms with Crippen molar-refractivity contribution in [1.29, 1.82) is 0 Å². The van der Waals surface area contributed by atoms with Crippen LogP contribution in [0.15, 0.2) is 54.7 Å². The summed E-state index contributed by atoms with van der Waals surface area (Å²) in [5.41, 5.74) is 5.40. The van der Waals surface area contributed by atoms with Crippen LogP contribution in [-0.4, -0.2) is 15.7 Å². The maximum absolute atomic E-state index is 12.5. The van der Waals surface area contributed by atoms with Gasteiger partial charge >= 0.3 is 0 Å². The van der Waals surface area contributed by atoms with Gasteiger partial charge in [0.2, 0.25) is 0 Å². The Balaban J connectivity index is 0.000000855. The highest BCUT2D eigenvalue weighted by Crippen LogP contribution is 2.28. The fourth-order valence-corrected chi connectivity index (χ4v) is 2.59. The van der Waals surface area contributed by atoms with E-state index in [0.717, 1.165) is 22.5 Å². The molecule has 3 rings (SSSR count). The Hall–Kier alpha value is -2.88. The molecule has 27 heavy (non-hydrogen) atoms. The SMILES string of the molecule is CC.CC.Cc1ccc(-c2ccccc2NC(=O)c2cn(C)nc2C)cc1. The second kappa shape index (κ2) is 11.0. The van der Waals surface area contributed by atoms with Gasteiger partial charge in [0.25, 0.3) is 5.91 Å². The Morgan fingerprint density at radius 3 is 2.07 bits per heavy atom. The highest BCUT2D eigenvalue weighted by Gasteiger charge is 2.14. The summed E-state index contributed by atoms with van der Waals surface area (Å²) in [6.45, 7) is 11.9. The summed E-state index contributed by atoms with van der Waals surface area (Å²) >= 11 is 0. The maximum atomic E-state index is 12.5. The third-order valence-corrected chi connectivity index (χ3v) is 3.80. The molecule has 0 aliphatic rings. The molecular weight excluding hydrogens is 334 g/mol. The predicted octanol–water partition coefficient (Wildman–Crippen LogP) is 6.01.